The van der Waals surface area contributed by atoms with E-state index in [0.29, 0.717) is 5.92 Å². The molecule has 0 saturated heterocycles. The minimum Gasteiger partial charge on any atom is -0.229 e. The van der Waals surface area contributed by atoms with Crippen LogP contribution < -0.4 is 0 Å². The molecule has 0 aliphatic rings. The molecule has 0 bridgehead atoms. The van der Waals surface area contributed by atoms with Gasteiger partial charge in [-0.25, -0.2) is 9.97 Å². The molecule has 0 spiro atoms. The summed E-state index contributed by atoms with van der Waals surface area (Å²) in [5, 5.41) is 4.38. The number of hydrogen-bond donors (Lipinski definition) is 0. The van der Waals surface area contributed by atoms with Crippen molar-refractivity contribution in [3.05, 3.63) is 17.8 Å². The van der Waals surface area contributed by atoms with E-state index in [-0.39, 0.29) is 0 Å². The van der Waals surface area contributed by atoms with Crippen LogP contribution in [0.3, 0.4) is 0 Å². The zero-order valence-electron chi connectivity index (χ0n) is 8.23. The summed E-state index contributed by atoms with van der Waals surface area (Å²) in [7, 11) is 0. The second kappa shape index (κ2) is 4.28. The summed E-state index contributed by atoms with van der Waals surface area (Å²) in [4.78, 5) is 9.62. The average Bonchev–Trinajstić information content (AvgIpc) is 2.62. The maximum atomic E-state index is 4.31. The first-order valence-corrected chi connectivity index (χ1v) is 6.45. The van der Waals surface area contributed by atoms with Crippen molar-refractivity contribution in [2.45, 2.75) is 18.9 Å². The second-order valence-electron chi connectivity index (χ2n) is 3.52. The van der Waals surface area contributed by atoms with Crippen LogP contribution in [0, 0.1) is 5.92 Å². The molecular weight excluding hydrogens is 212 g/mol. The van der Waals surface area contributed by atoms with Crippen molar-refractivity contribution in [3.8, 4) is 0 Å². The molecule has 4 heteroatoms. The lowest BCUT2D eigenvalue weighted by Crippen LogP contribution is -1.92. The molecule has 0 unspecified atom stereocenters. The highest BCUT2D eigenvalue weighted by Crippen LogP contribution is 2.28. The van der Waals surface area contributed by atoms with Crippen molar-refractivity contribution in [2.24, 2.45) is 5.92 Å². The third-order valence-corrected chi connectivity index (χ3v) is 4.03. The van der Waals surface area contributed by atoms with E-state index < -0.39 is 0 Å². The van der Waals surface area contributed by atoms with Crippen molar-refractivity contribution >= 4 is 33.3 Å². The minimum atomic E-state index is 0.698. The predicted molar refractivity (Wildman–Crippen MR) is 63.0 cm³/mol. The lowest BCUT2D eigenvalue weighted by atomic mass is 10.3. The smallest absolute Gasteiger partial charge is 0.127 e. The molecule has 0 aliphatic heterocycles. The monoisotopic (exact) mass is 224 g/mol. The Morgan fingerprint density at radius 2 is 2.29 bits per heavy atom. The van der Waals surface area contributed by atoms with Crippen molar-refractivity contribution in [1.82, 2.24) is 9.97 Å². The highest BCUT2D eigenvalue weighted by molar-refractivity contribution is 7.99. The van der Waals surface area contributed by atoms with E-state index in [9.17, 15) is 0 Å². The van der Waals surface area contributed by atoms with Crippen molar-refractivity contribution in [2.75, 3.05) is 5.75 Å². The van der Waals surface area contributed by atoms with Gasteiger partial charge in [0.05, 0.1) is 0 Å². The molecule has 2 rings (SSSR count). The highest BCUT2D eigenvalue weighted by Gasteiger charge is 2.05. The van der Waals surface area contributed by atoms with Crippen molar-refractivity contribution < 1.29 is 0 Å². The molecular formula is C10H12N2S2. The topological polar surface area (TPSA) is 25.8 Å². The Bertz CT molecular complexity index is 423. The first-order valence-electron chi connectivity index (χ1n) is 4.58. The molecule has 0 atom stereocenters. The zero-order chi connectivity index (χ0) is 9.97. The number of thiophene rings is 1. The predicted octanol–water partition coefficient (Wildman–Crippen LogP) is 3.44. The number of fused-ring (bicyclic) bond motifs is 1. The highest BCUT2D eigenvalue weighted by atomic mass is 32.2. The summed E-state index contributed by atoms with van der Waals surface area (Å²) in [5.41, 5.74) is 0. The Kier molecular flexibility index (Phi) is 3.03. The first-order chi connectivity index (χ1) is 6.77. The Morgan fingerprint density at radius 3 is 3.07 bits per heavy atom. The molecule has 0 aromatic carbocycles. The van der Waals surface area contributed by atoms with Crippen LogP contribution in [0.15, 0.2) is 22.8 Å². The molecule has 0 N–H and O–H groups in total. The summed E-state index contributed by atoms with van der Waals surface area (Å²) >= 11 is 3.49. The molecule has 0 amide bonds. The van der Waals surface area contributed by atoms with Gasteiger partial charge >= 0.3 is 0 Å². The third-order valence-electron chi connectivity index (χ3n) is 1.78. The number of rotatable bonds is 3. The molecule has 74 valence electrons. The van der Waals surface area contributed by atoms with E-state index in [4.69, 9.17) is 0 Å². The SMILES string of the molecule is CC(C)CSc1ncnc2sccc12. The third kappa shape index (κ3) is 2.07. The van der Waals surface area contributed by atoms with E-state index in [1.807, 2.05) is 11.8 Å². The van der Waals surface area contributed by atoms with Gasteiger partial charge in [-0.15, -0.1) is 23.1 Å². The van der Waals surface area contributed by atoms with Gasteiger partial charge in [-0.2, -0.15) is 0 Å². The van der Waals surface area contributed by atoms with Crippen molar-refractivity contribution in [3.63, 3.8) is 0 Å². The Morgan fingerprint density at radius 1 is 1.43 bits per heavy atom. The van der Waals surface area contributed by atoms with Gasteiger partial charge in [0.1, 0.15) is 16.2 Å². The van der Waals surface area contributed by atoms with Crippen LogP contribution in [0.4, 0.5) is 0 Å². The molecule has 2 nitrogen and oxygen atoms in total. The number of hydrogen-bond acceptors (Lipinski definition) is 4. The zero-order valence-corrected chi connectivity index (χ0v) is 9.86. The Hall–Kier alpha value is -0.610. The van der Waals surface area contributed by atoms with E-state index in [2.05, 4.69) is 35.3 Å². The molecule has 14 heavy (non-hydrogen) atoms. The van der Waals surface area contributed by atoms with Gasteiger partial charge in [0, 0.05) is 11.1 Å². The Labute approximate surface area is 91.8 Å². The lowest BCUT2D eigenvalue weighted by molar-refractivity contribution is 0.749. The normalized spacial score (nSPS) is 11.4. The van der Waals surface area contributed by atoms with E-state index >= 15 is 0 Å². The maximum absolute atomic E-state index is 4.31. The fraction of sp³-hybridized carbons (Fsp3) is 0.400. The van der Waals surface area contributed by atoms with Gasteiger partial charge in [-0.05, 0) is 17.4 Å². The molecule has 2 aromatic rings. The van der Waals surface area contributed by atoms with Crippen LogP contribution in [0.1, 0.15) is 13.8 Å². The summed E-state index contributed by atoms with van der Waals surface area (Å²) in [6.07, 6.45) is 1.65. The number of aromatic nitrogens is 2. The summed E-state index contributed by atoms with van der Waals surface area (Å²) in [6, 6.07) is 2.10. The molecule has 2 aromatic heterocycles. The van der Waals surface area contributed by atoms with Crippen LogP contribution in [0.25, 0.3) is 10.2 Å². The fourth-order valence-electron chi connectivity index (χ4n) is 1.13. The Balaban J connectivity index is 2.27. The van der Waals surface area contributed by atoms with Crippen molar-refractivity contribution in [1.29, 1.82) is 0 Å². The largest absolute Gasteiger partial charge is 0.229 e. The second-order valence-corrected chi connectivity index (χ2v) is 5.43. The fourth-order valence-corrected chi connectivity index (χ4v) is 2.86. The van der Waals surface area contributed by atoms with E-state index in [0.717, 1.165) is 15.6 Å². The number of nitrogens with zero attached hydrogens (tertiary/aromatic N) is 2. The molecule has 0 saturated carbocycles. The first kappa shape index (κ1) is 9.93. The average molecular weight is 224 g/mol. The van der Waals surface area contributed by atoms with E-state index in [1.165, 1.54) is 5.39 Å². The standard InChI is InChI=1S/C10H12N2S2/c1-7(2)5-14-10-8-3-4-13-9(8)11-6-12-10/h3-4,6-7H,5H2,1-2H3. The van der Waals surface area contributed by atoms with Crippen LogP contribution in [0.2, 0.25) is 0 Å². The molecule has 0 fully saturated rings. The van der Waals surface area contributed by atoms with Gasteiger partial charge in [-0.1, -0.05) is 13.8 Å². The summed E-state index contributed by atoms with van der Waals surface area (Å²) in [6.45, 7) is 4.44. The van der Waals surface area contributed by atoms with Crippen LogP contribution in [0.5, 0.6) is 0 Å². The van der Waals surface area contributed by atoms with Gasteiger partial charge in [0.15, 0.2) is 0 Å². The van der Waals surface area contributed by atoms with Crippen LogP contribution in [-0.4, -0.2) is 15.7 Å². The number of thioether (sulfide) groups is 1. The summed E-state index contributed by atoms with van der Waals surface area (Å²) < 4.78 is 0. The molecule has 2 heterocycles. The minimum absolute atomic E-state index is 0.698. The van der Waals surface area contributed by atoms with Gasteiger partial charge in [-0.3, -0.25) is 0 Å². The lowest BCUT2D eigenvalue weighted by Gasteiger charge is -2.03. The van der Waals surface area contributed by atoms with Crippen LogP contribution in [-0.2, 0) is 0 Å². The quantitative estimate of drug-likeness (QED) is 0.590. The molecule has 0 radical (unpaired) electrons. The maximum Gasteiger partial charge on any atom is 0.127 e. The molecule has 0 aliphatic carbocycles. The van der Waals surface area contributed by atoms with Gasteiger partial charge in [0.2, 0.25) is 0 Å². The van der Waals surface area contributed by atoms with Gasteiger partial charge in [0.25, 0.3) is 0 Å². The van der Waals surface area contributed by atoms with Gasteiger partial charge < -0.3 is 0 Å². The van der Waals surface area contributed by atoms with Crippen LogP contribution >= 0.6 is 23.1 Å². The van der Waals surface area contributed by atoms with E-state index in [1.54, 1.807) is 17.7 Å². The summed E-state index contributed by atoms with van der Waals surface area (Å²) in [5.74, 6) is 1.81.